The Morgan fingerprint density at radius 3 is 2.85 bits per heavy atom. The van der Waals surface area contributed by atoms with Crippen LogP contribution in [0.3, 0.4) is 0 Å². The molecule has 4 rings (SSSR count). The number of rotatable bonds is 3. The number of allylic oxidation sites excluding steroid dienone is 1. The van der Waals surface area contributed by atoms with Crippen molar-refractivity contribution in [2.24, 2.45) is 4.99 Å². The molecule has 7 heteroatoms. The fourth-order valence-corrected chi connectivity index (χ4v) is 3.26. The zero-order valence-corrected chi connectivity index (χ0v) is 14.6. The number of aromatic nitrogens is 1. The van der Waals surface area contributed by atoms with Gasteiger partial charge in [0.2, 0.25) is 0 Å². The van der Waals surface area contributed by atoms with Gasteiger partial charge >= 0.3 is 6.03 Å². The molecule has 3 heterocycles. The molecule has 26 heavy (non-hydrogen) atoms. The van der Waals surface area contributed by atoms with E-state index in [0.717, 1.165) is 5.56 Å². The molecule has 2 aliphatic rings. The van der Waals surface area contributed by atoms with Crippen molar-refractivity contribution in [3.8, 4) is 0 Å². The van der Waals surface area contributed by atoms with Crippen molar-refractivity contribution in [3.05, 3.63) is 65.5 Å². The first-order valence-corrected chi connectivity index (χ1v) is 8.53. The van der Waals surface area contributed by atoms with Gasteiger partial charge in [-0.05, 0) is 30.3 Å². The van der Waals surface area contributed by atoms with Crippen LogP contribution in [0.15, 0.2) is 59.9 Å². The van der Waals surface area contributed by atoms with Gasteiger partial charge in [-0.2, -0.15) is 0 Å². The maximum atomic E-state index is 13.2. The Hall–Kier alpha value is -2.99. The molecule has 0 saturated carbocycles. The van der Waals surface area contributed by atoms with Gasteiger partial charge in [-0.15, -0.1) is 0 Å². The molecular weight excluding hydrogens is 352 g/mol. The highest BCUT2D eigenvalue weighted by Crippen LogP contribution is 2.34. The van der Waals surface area contributed by atoms with Gasteiger partial charge in [-0.1, -0.05) is 23.7 Å². The molecule has 0 N–H and O–H groups in total. The second-order valence-corrected chi connectivity index (χ2v) is 6.53. The molecule has 1 aromatic heterocycles. The van der Waals surface area contributed by atoms with Crippen molar-refractivity contribution in [1.29, 1.82) is 0 Å². The number of anilines is 2. The van der Waals surface area contributed by atoms with Gasteiger partial charge in [-0.3, -0.25) is 9.79 Å². The summed E-state index contributed by atoms with van der Waals surface area (Å²) in [7, 11) is 0. The SMILES string of the molecule is O=C1C=CN=C(CN2Cc3cccnc3N(c3cccc(Cl)c3)C2=O)C1. The average molecular weight is 367 g/mol. The van der Waals surface area contributed by atoms with Crippen LogP contribution in [0.2, 0.25) is 5.02 Å². The molecule has 1 aromatic carbocycles. The predicted octanol–water partition coefficient (Wildman–Crippen LogP) is 3.74. The van der Waals surface area contributed by atoms with Crippen molar-refractivity contribution in [1.82, 2.24) is 9.88 Å². The fourth-order valence-electron chi connectivity index (χ4n) is 3.08. The van der Waals surface area contributed by atoms with Crippen molar-refractivity contribution in [2.75, 3.05) is 11.4 Å². The topological polar surface area (TPSA) is 65.9 Å². The number of aliphatic imine (C=N–C) groups is 1. The Kier molecular flexibility index (Phi) is 4.26. The largest absolute Gasteiger partial charge is 0.330 e. The molecule has 0 unspecified atom stereocenters. The summed E-state index contributed by atoms with van der Waals surface area (Å²) >= 11 is 6.11. The van der Waals surface area contributed by atoms with Gasteiger partial charge in [-0.25, -0.2) is 14.7 Å². The van der Waals surface area contributed by atoms with Crippen LogP contribution in [0.5, 0.6) is 0 Å². The number of urea groups is 1. The number of nitrogens with zero attached hydrogens (tertiary/aromatic N) is 4. The lowest BCUT2D eigenvalue weighted by Gasteiger charge is -2.36. The third kappa shape index (κ3) is 3.11. The van der Waals surface area contributed by atoms with E-state index in [4.69, 9.17) is 11.6 Å². The van der Waals surface area contributed by atoms with Crippen LogP contribution in [0, 0.1) is 0 Å². The van der Waals surface area contributed by atoms with Gasteiger partial charge in [0.05, 0.1) is 25.2 Å². The Morgan fingerprint density at radius 2 is 2.04 bits per heavy atom. The number of halogens is 1. The maximum absolute atomic E-state index is 13.2. The summed E-state index contributed by atoms with van der Waals surface area (Å²) in [5.74, 6) is 0.589. The first-order valence-electron chi connectivity index (χ1n) is 8.15. The Balaban J connectivity index is 1.71. The van der Waals surface area contributed by atoms with Crippen LogP contribution in [-0.4, -0.2) is 34.0 Å². The molecule has 0 atom stereocenters. The molecule has 6 nitrogen and oxygen atoms in total. The normalized spacial score (nSPS) is 16.6. The number of ketones is 1. The van der Waals surface area contributed by atoms with Crippen molar-refractivity contribution < 1.29 is 9.59 Å². The molecule has 0 aliphatic carbocycles. The standard InChI is InChI=1S/C19H15ClN4O2/c20-14-4-1-5-16(9-14)24-18-13(3-2-7-22-18)11-23(19(24)26)12-15-10-17(25)6-8-21-15/h1-9H,10-12H2. The van der Waals surface area contributed by atoms with Crippen LogP contribution in [0.4, 0.5) is 16.3 Å². The predicted molar refractivity (Wildman–Crippen MR) is 99.8 cm³/mol. The lowest BCUT2D eigenvalue weighted by molar-refractivity contribution is -0.113. The minimum absolute atomic E-state index is 0.00628. The van der Waals surface area contributed by atoms with Gasteiger partial charge in [0.1, 0.15) is 5.82 Å². The summed E-state index contributed by atoms with van der Waals surface area (Å²) in [5, 5.41) is 0.539. The summed E-state index contributed by atoms with van der Waals surface area (Å²) in [6, 6.07) is 10.7. The summed E-state index contributed by atoms with van der Waals surface area (Å²) < 4.78 is 0. The van der Waals surface area contributed by atoms with E-state index in [9.17, 15) is 9.59 Å². The van der Waals surface area contributed by atoms with Gasteiger partial charge in [0, 0.05) is 28.7 Å². The average Bonchev–Trinajstić information content (AvgIpc) is 2.62. The summed E-state index contributed by atoms with van der Waals surface area (Å²) in [5.41, 5.74) is 2.24. The zero-order chi connectivity index (χ0) is 18.1. The second kappa shape index (κ2) is 6.72. The van der Waals surface area contributed by atoms with E-state index in [1.165, 1.54) is 12.3 Å². The molecule has 0 saturated heterocycles. The molecule has 0 fully saturated rings. The van der Waals surface area contributed by atoms with Crippen molar-refractivity contribution >= 4 is 40.6 Å². The first-order chi connectivity index (χ1) is 12.6. The smallest absolute Gasteiger partial charge is 0.314 e. The number of carbonyl (C=O) groups excluding carboxylic acids is 2. The number of hydrogen-bond acceptors (Lipinski definition) is 4. The molecule has 2 aromatic rings. The van der Waals surface area contributed by atoms with Crippen molar-refractivity contribution in [3.63, 3.8) is 0 Å². The van der Waals surface area contributed by atoms with E-state index in [1.54, 1.807) is 34.2 Å². The Bertz CT molecular complexity index is 954. The third-order valence-corrected chi connectivity index (χ3v) is 4.47. The summed E-state index contributed by atoms with van der Waals surface area (Å²) in [6.07, 6.45) is 4.82. The highest BCUT2D eigenvalue weighted by molar-refractivity contribution is 6.31. The minimum Gasteiger partial charge on any atom is -0.314 e. The lowest BCUT2D eigenvalue weighted by Crippen LogP contribution is -2.47. The molecule has 0 bridgehead atoms. The quantitative estimate of drug-likeness (QED) is 0.831. The molecule has 2 aliphatic heterocycles. The molecule has 2 amide bonds. The monoisotopic (exact) mass is 366 g/mol. The van der Waals surface area contributed by atoms with Crippen LogP contribution in [-0.2, 0) is 11.3 Å². The maximum Gasteiger partial charge on any atom is 0.330 e. The van der Waals surface area contributed by atoms with Gasteiger partial charge < -0.3 is 4.90 Å². The molecule has 130 valence electrons. The molecule has 0 spiro atoms. The number of carbonyl (C=O) groups is 2. The molecule has 0 radical (unpaired) electrons. The van der Waals surface area contributed by atoms with E-state index >= 15 is 0 Å². The lowest BCUT2D eigenvalue weighted by atomic mass is 10.1. The summed E-state index contributed by atoms with van der Waals surface area (Å²) in [6.45, 7) is 0.705. The van der Waals surface area contributed by atoms with E-state index in [1.807, 2.05) is 18.2 Å². The third-order valence-electron chi connectivity index (χ3n) is 4.24. The first kappa shape index (κ1) is 16.5. The van der Waals surface area contributed by atoms with E-state index in [-0.39, 0.29) is 18.2 Å². The number of amides is 2. The Labute approximate surface area is 155 Å². The van der Waals surface area contributed by atoms with E-state index < -0.39 is 0 Å². The van der Waals surface area contributed by atoms with Crippen LogP contribution in [0.25, 0.3) is 0 Å². The van der Waals surface area contributed by atoms with Gasteiger partial charge in [0.25, 0.3) is 0 Å². The second-order valence-electron chi connectivity index (χ2n) is 6.09. The highest BCUT2D eigenvalue weighted by Gasteiger charge is 2.33. The fraction of sp³-hybridized carbons (Fsp3) is 0.158. The van der Waals surface area contributed by atoms with Crippen LogP contribution < -0.4 is 4.90 Å². The van der Waals surface area contributed by atoms with Gasteiger partial charge in [0.15, 0.2) is 5.78 Å². The zero-order valence-electron chi connectivity index (χ0n) is 13.8. The summed E-state index contributed by atoms with van der Waals surface area (Å²) in [4.78, 5) is 36.6. The number of fused-ring (bicyclic) bond motifs is 1. The van der Waals surface area contributed by atoms with Crippen LogP contribution in [0.1, 0.15) is 12.0 Å². The molecular formula is C19H15ClN4O2. The number of pyridine rings is 1. The highest BCUT2D eigenvalue weighted by atomic mass is 35.5. The number of benzene rings is 1. The van der Waals surface area contributed by atoms with Crippen molar-refractivity contribution in [2.45, 2.75) is 13.0 Å². The van der Waals surface area contributed by atoms with E-state index in [2.05, 4.69) is 9.98 Å². The number of hydrogen-bond donors (Lipinski definition) is 0. The van der Waals surface area contributed by atoms with E-state index in [0.29, 0.717) is 35.3 Å². The van der Waals surface area contributed by atoms with Crippen LogP contribution >= 0.6 is 11.6 Å². The Morgan fingerprint density at radius 1 is 1.15 bits per heavy atom. The minimum atomic E-state index is -0.219.